The number of H-pyrrole nitrogens is 1. The van der Waals surface area contributed by atoms with E-state index in [1.165, 1.54) is 18.5 Å². The molecule has 3 aromatic rings. The summed E-state index contributed by atoms with van der Waals surface area (Å²) in [5.74, 6) is 2.99. The fourth-order valence-corrected chi connectivity index (χ4v) is 5.67. The molecule has 2 aliphatic heterocycles. The summed E-state index contributed by atoms with van der Waals surface area (Å²) in [6.45, 7) is 6.06. The van der Waals surface area contributed by atoms with Crippen LogP contribution in [-0.2, 0) is 4.74 Å². The third kappa shape index (κ3) is 5.22. The van der Waals surface area contributed by atoms with Gasteiger partial charge in [-0.15, -0.1) is 0 Å². The number of para-hydroxylation sites is 1. The Hall–Kier alpha value is -3.36. The van der Waals surface area contributed by atoms with Crippen molar-refractivity contribution in [2.75, 3.05) is 43.0 Å². The second-order valence-corrected chi connectivity index (χ2v) is 10.9. The number of amides is 1. The van der Waals surface area contributed by atoms with Crippen molar-refractivity contribution in [3.8, 4) is 0 Å². The number of carbonyl (C=O) groups excluding carboxylic acids is 1. The third-order valence-corrected chi connectivity index (χ3v) is 8.37. The molecule has 0 bridgehead atoms. The predicted octanol–water partition coefficient (Wildman–Crippen LogP) is 5.59. The summed E-state index contributed by atoms with van der Waals surface area (Å²) in [5, 5.41) is 12.1. The van der Waals surface area contributed by atoms with Crippen LogP contribution in [0.1, 0.15) is 69.9 Å². The van der Waals surface area contributed by atoms with Gasteiger partial charge in [-0.3, -0.25) is 5.10 Å². The Labute approximate surface area is 218 Å². The summed E-state index contributed by atoms with van der Waals surface area (Å²) in [6.07, 6.45) is 8.55. The molecule has 0 atom stereocenters. The normalized spacial score (nSPS) is 19.4. The molecule has 0 unspecified atom stereocenters. The number of ether oxygens (including phenoxy) is 1. The maximum absolute atomic E-state index is 12.4. The van der Waals surface area contributed by atoms with Crippen LogP contribution >= 0.6 is 0 Å². The number of hydrogen-bond acceptors (Lipinski definition) is 7. The van der Waals surface area contributed by atoms with Crippen molar-refractivity contribution >= 4 is 34.6 Å². The van der Waals surface area contributed by atoms with E-state index in [-0.39, 0.29) is 6.09 Å². The smallest absolute Gasteiger partial charge is 0.409 e. The highest BCUT2D eigenvalue weighted by atomic mass is 16.6. The molecular weight excluding hydrogens is 466 g/mol. The molecule has 2 N–H and O–H groups in total. The van der Waals surface area contributed by atoms with Crippen LogP contribution in [0.5, 0.6) is 0 Å². The Kier molecular flexibility index (Phi) is 6.61. The zero-order chi connectivity index (χ0) is 25.2. The van der Waals surface area contributed by atoms with Gasteiger partial charge in [0.2, 0.25) is 5.95 Å². The van der Waals surface area contributed by atoms with Gasteiger partial charge in [-0.2, -0.15) is 10.1 Å². The first kappa shape index (κ1) is 24.0. The number of hydrogen-bond donors (Lipinski definition) is 2. The molecule has 1 spiro atoms. The molecule has 0 radical (unpaired) electrons. The summed E-state index contributed by atoms with van der Waals surface area (Å²) in [5.41, 5.74) is 2.42. The SMILES string of the molecule is CCCCOC(=O)N1CCC2(CC1)CCN(c1nc(Nc3cc(C4CC4)[nH]n3)c3ccccc3n1)CC2. The first-order valence-corrected chi connectivity index (χ1v) is 13.9. The quantitative estimate of drug-likeness (QED) is 0.405. The average molecular weight is 504 g/mol. The summed E-state index contributed by atoms with van der Waals surface area (Å²) >= 11 is 0. The molecule has 3 fully saturated rings. The Morgan fingerprint density at radius 3 is 2.62 bits per heavy atom. The minimum absolute atomic E-state index is 0.147. The van der Waals surface area contributed by atoms with Crippen molar-refractivity contribution in [3.63, 3.8) is 0 Å². The van der Waals surface area contributed by atoms with Gasteiger partial charge in [-0.1, -0.05) is 25.5 Å². The summed E-state index contributed by atoms with van der Waals surface area (Å²) < 4.78 is 5.43. The van der Waals surface area contributed by atoms with Crippen LogP contribution < -0.4 is 10.2 Å². The van der Waals surface area contributed by atoms with Crippen LogP contribution in [0, 0.1) is 5.41 Å². The molecule has 6 rings (SSSR count). The van der Waals surface area contributed by atoms with E-state index >= 15 is 0 Å². The van der Waals surface area contributed by atoms with Crippen molar-refractivity contribution in [3.05, 3.63) is 36.0 Å². The molecule has 4 heterocycles. The molecular formula is C28H37N7O2. The van der Waals surface area contributed by atoms with E-state index in [2.05, 4.69) is 39.5 Å². The van der Waals surface area contributed by atoms with E-state index in [0.29, 0.717) is 17.9 Å². The number of aromatic nitrogens is 4. The number of benzene rings is 1. The van der Waals surface area contributed by atoms with Gasteiger partial charge in [-0.25, -0.2) is 9.78 Å². The van der Waals surface area contributed by atoms with E-state index in [4.69, 9.17) is 14.7 Å². The van der Waals surface area contributed by atoms with Crippen molar-refractivity contribution < 1.29 is 9.53 Å². The van der Waals surface area contributed by atoms with Gasteiger partial charge in [0.25, 0.3) is 0 Å². The van der Waals surface area contributed by atoms with E-state index in [1.54, 1.807) is 0 Å². The third-order valence-electron chi connectivity index (χ3n) is 8.37. The van der Waals surface area contributed by atoms with Crippen molar-refractivity contribution in [1.82, 2.24) is 25.1 Å². The van der Waals surface area contributed by atoms with Crippen LogP contribution in [0.4, 0.5) is 22.4 Å². The number of carbonyl (C=O) groups is 1. The number of piperidine rings is 2. The summed E-state index contributed by atoms with van der Waals surface area (Å²) in [7, 11) is 0. The second-order valence-electron chi connectivity index (χ2n) is 10.9. The largest absolute Gasteiger partial charge is 0.449 e. The van der Waals surface area contributed by atoms with Crippen LogP contribution in [0.3, 0.4) is 0 Å². The fourth-order valence-electron chi connectivity index (χ4n) is 5.67. The van der Waals surface area contributed by atoms with Crippen molar-refractivity contribution in [2.45, 2.75) is 64.2 Å². The van der Waals surface area contributed by atoms with Gasteiger partial charge in [-0.05, 0) is 62.5 Å². The topological polar surface area (TPSA) is 99.3 Å². The number of nitrogens with zero attached hydrogens (tertiary/aromatic N) is 5. The number of nitrogens with one attached hydrogen (secondary N) is 2. The zero-order valence-electron chi connectivity index (χ0n) is 21.7. The number of aromatic amines is 1. The van der Waals surface area contributed by atoms with Gasteiger partial charge in [0.05, 0.1) is 12.1 Å². The molecule has 1 amide bonds. The Bertz CT molecular complexity index is 1240. The average Bonchev–Trinajstić information content (AvgIpc) is 3.68. The predicted molar refractivity (Wildman–Crippen MR) is 144 cm³/mol. The fraction of sp³-hybridized carbons (Fsp3) is 0.571. The number of likely N-dealkylation sites (tertiary alicyclic amines) is 1. The Morgan fingerprint density at radius 1 is 1.11 bits per heavy atom. The number of fused-ring (bicyclic) bond motifs is 1. The lowest BCUT2D eigenvalue weighted by Gasteiger charge is -2.46. The monoisotopic (exact) mass is 503 g/mol. The highest BCUT2D eigenvalue weighted by Crippen LogP contribution is 2.42. The number of anilines is 3. The minimum atomic E-state index is -0.147. The Balaban J connectivity index is 1.12. The van der Waals surface area contributed by atoms with Gasteiger partial charge >= 0.3 is 6.09 Å². The maximum Gasteiger partial charge on any atom is 0.409 e. The van der Waals surface area contributed by atoms with E-state index in [1.807, 2.05) is 23.1 Å². The molecule has 3 aliphatic rings. The highest BCUT2D eigenvalue weighted by molar-refractivity contribution is 5.91. The summed E-state index contributed by atoms with van der Waals surface area (Å²) in [4.78, 5) is 26.5. The minimum Gasteiger partial charge on any atom is -0.449 e. The summed E-state index contributed by atoms with van der Waals surface area (Å²) in [6, 6.07) is 10.3. The first-order valence-electron chi connectivity index (χ1n) is 13.9. The standard InChI is InChI=1S/C28H37N7O2/c1-2-3-18-37-27(36)35-16-12-28(13-17-35)10-14-34(15-11-28)26-29-22-7-5-4-6-21(22)25(31-26)30-24-19-23(32-33-24)20-8-9-20/h4-7,19-20H,2-3,8-18H2,1H3,(H2,29,30,31,32,33). The van der Waals surface area contributed by atoms with E-state index in [0.717, 1.165) is 93.2 Å². The molecule has 9 heteroatoms. The van der Waals surface area contributed by atoms with Gasteiger partial charge in [0, 0.05) is 49.2 Å². The van der Waals surface area contributed by atoms with Crippen LogP contribution in [-0.4, -0.2) is 63.9 Å². The lowest BCUT2D eigenvalue weighted by atomic mass is 9.71. The number of unbranched alkanes of at least 4 members (excludes halogenated alkanes) is 1. The molecule has 37 heavy (non-hydrogen) atoms. The molecule has 1 aliphatic carbocycles. The lowest BCUT2D eigenvalue weighted by Crippen LogP contribution is -2.48. The van der Waals surface area contributed by atoms with Crippen LogP contribution in [0.15, 0.2) is 30.3 Å². The first-order chi connectivity index (χ1) is 18.1. The number of rotatable bonds is 7. The van der Waals surface area contributed by atoms with Gasteiger partial charge < -0.3 is 19.9 Å². The second kappa shape index (κ2) is 10.2. The van der Waals surface area contributed by atoms with Crippen LogP contribution in [0.25, 0.3) is 10.9 Å². The zero-order valence-corrected chi connectivity index (χ0v) is 21.7. The highest BCUT2D eigenvalue weighted by Gasteiger charge is 2.39. The van der Waals surface area contributed by atoms with Crippen molar-refractivity contribution in [2.24, 2.45) is 5.41 Å². The van der Waals surface area contributed by atoms with Gasteiger partial charge in [0.1, 0.15) is 5.82 Å². The lowest BCUT2D eigenvalue weighted by molar-refractivity contribution is 0.0543. The van der Waals surface area contributed by atoms with Gasteiger partial charge in [0.15, 0.2) is 5.82 Å². The molecule has 1 aromatic carbocycles. The van der Waals surface area contributed by atoms with Crippen molar-refractivity contribution in [1.29, 1.82) is 0 Å². The maximum atomic E-state index is 12.4. The Morgan fingerprint density at radius 2 is 1.86 bits per heavy atom. The van der Waals surface area contributed by atoms with E-state index in [9.17, 15) is 4.79 Å². The molecule has 196 valence electrons. The molecule has 9 nitrogen and oxygen atoms in total. The molecule has 2 saturated heterocycles. The molecule has 1 saturated carbocycles. The van der Waals surface area contributed by atoms with Crippen LogP contribution in [0.2, 0.25) is 0 Å². The van der Waals surface area contributed by atoms with E-state index < -0.39 is 0 Å². The molecule has 2 aromatic heterocycles.